The van der Waals surface area contributed by atoms with Gasteiger partial charge >= 0.3 is 5.97 Å². The molecule has 122 valence electrons. The predicted octanol–water partition coefficient (Wildman–Crippen LogP) is 1.72. The summed E-state index contributed by atoms with van der Waals surface area (Å²) in [5.74, 6) is -0.435. The quantitative estimate of drug-likeness (QED) is 0.782. The number of morpholine rings is 1. The fraction of sp³-hybridized carbons (Fsp3) is 0.938. The van der Waals surface area contributed by atoms with Crippen LogP contribution < -0.4 is 5.32 Å². The average Bonchev–Trinajstić information content (AvgIpc) is 2.80. The van der Waals surface area contributed by atoms with E-state index in [0.717, 1.165) is 51.9 Å². The molecule has 0 aromatic rings. The minimum absolute atomic E-state index is 0.0838. The number of nitrogens with one attached hydrogen (secondary N) is 1. The standard InChI is InChI=1S/C16H30N2O3/c1-4-17-16(14(19)20)8-5-6-13(16)7-9-18-10-11-21-15(2,3)12-18/h13,17H,4-12H2,1-3H3,(H,19,20). The van der Waals surface area contributed by atoms with Crippen molar-refractivity contribution in [2.45, 2.75) is 57.6 Å². The number of hydrogen-bond donors (Lipinski definition) is 2. The Hall–Kier alpha value is -0.650. The van der Waals surface area contributed by atoms with Crippen LogP contribution in [-0.2, 0) is 9.53 Å². The normalized spacial score (nSPS) is 33.2. The molecule has 1 saturated carbocycles. The lowest BCUT2D eigenvalue weighted by atomic mass is 9.84. The number of aliphatic carboxylic acids is 1. The zero-order chi connectivity index (χ0) is 15.5. The number of carboxylic acid groups (broad SMARTS) is 1. The molecule has 0 radical (unpaired) electrons. The predicted molar refractivity (Wildman–Crippen MR) is 82.5 cm³/mol. The third-order valence-corrected chi connectivity index (χ3v) is 4.99. The lowest BCUT2D eigenvalue weighted by Crippen LogP contribution is -2.55. The number of hydrogen-bond acceptors (Lipinski definition) is 4. The number of ether oxygens (including phenoxy) is 1. The van der Waals surface area contributed by atoms with Crippen LogP contribution in [0.5, 0.6) is 0 Å². The van der Waals surface area contributed by atoms with E-state index >= 15 is 0 Å². The van der Waals surface area contributed by atoms with Crippen molar-refractivity contribution in [3.8, 4) is 0 Å². The smallest absolute Gasteiger partial charge is 0.324 e. The van der Waals surface area contributed by atoms with Crippen molar-refractivity contribution in [3.05, 3.63) is 0 Å². The van der Waals surface area contributed by atoms with Gasteiger partial charge in [0, 0.05) is 13.1 Å². The van der Waals surface area contributed by atoms with E-state index in [2.05, 4.69) is 24.1 Å². The molecule has 1 heterocycles. The Balaban J connectivity index is 1.93. The highest BCUT2D eigenvalue weighted by Crippen LogP contribution is 2.38. The molecule has 1 aliphatic heterocycles. The van der Waals surface area contributed by atoms with Gasteiger partial charge in [-0.25, -0.2) is 0 Å². The van der Waals surface area contributed by atoms with E-state index in [1.54, 1.807) is 0 Å². The maximum atomic E-state index is 11.8. The van der Waals surface area contributed by atoms with Crippen molar-refractivity contribution in [2.24, 2.45) is 5.92 Å². The van der Waals surface area contributed by atoms with Crippen LogP contribution in [0.3, 0.4) is 0 Å². The molecule has 2 fully saturated rings. The van der Waals surface area contributed by atoms with Gasteiger partial charge in [-0.2, -0.15) is 0 Å². The first-order valence-corrected chi connectivity index (χ1v) is 8.24. The fourth-order valence-electron chi connectivity index (χ4n) is 4.02. The highest BCUT2D eigenvalue weighted by atomic mass is 16.5. The molecule has 5 nitrogen and oxygen atoms in total. The first-order chi connectivity index (χ1) is 9.89. The highest BCUT2D eigenvalue weighted by Gasteiger charge is 2.48. The molecule has 2 atom stereocenters. The van der Waals surface area contributed by atoms with Gasteiger partial charge in [-0.15, -0.1) is 0 Å². The first-order valence-electron chi connectivity index (χ1n) is 8.24. The Morgan fingerprint density at radius 1 is 1.48 bits per heavy atom. The monoisotopic (exact) mass is 298 g/mol. The summed E-state index contributed by atoms with van der Waals surface area (Å²) in [6.07, 6.45) is 3.75. The van der Waals surface area contributed by atoms with Gasteiger partial charge in [-0.1, -0.05) is 13.3 Å². The Morgan fingerprint density at radius 3 is 2.86 bits per heavy atom. The second kappa shape index (κ2) is 6.63. The summed E-state index contributed by atoms with van der Waals surface area (Å²) in [6, 6.07) is 0. The number of rotatable bonds is 6. The largest absolute Gasteiger partial charge is 0.480 e. The Bertz CT molecular complexity index is 373. The zero-order valence-corrected chi connectivity index (χ0v) is 13.7. The summed E-state index contributed by atoms with van der Waals surface area (Å²) in [7, 11) is 0. The fourth-order valence-corrected chi connectivity index (χ4v) is 4.02. The number of carbonyl (C=O) groups is 1. The summed E-state index contributed by atoms with van der Waals surface area (Å²) in [5.41, 5.74) is -0.782. The lowest BCUT2D eigenvalue weighted by Gasteiger charge is -2.39. The molecule has 5 heteroatoms. The summed E-state index contributed by atoms with van der Waals surface area (Å²) < 4.78 is 5.74. The molecule has 2 rings (SSSR count). The molecule has 0 bridgehead atoms. The highest BCUT2D eigenvalue weighted by molar-refractivity contribution is 5.79. The molecule has 0 spiro atoms. The lowest BCUT2D eigenvalue weighted by molar-refractivity contribution is -0.147. The van der Waals surface area contributed by atoms with E-state index in [-0.39, 0.29) is 11.5 Å². The van der Waals surface area contributed by atoms with E-state index in [1.165, 1.54) is 0 Å². The summed E-state index contributed by atoms with van der Waals surface area (Å²) in [6.45, 7) is 10.6. The van der Waals surface area contributed by atoms with Crippen LogP contribution >= 0.6 is 0 Å². The molecular formula is C16H30N2O3. The first kappa shape index (κ1) is 16.7. The number of carboxylic acids is 1. The molecule has 0 aromatic carbocycles. The SMILES string of the molecule is CCNC1(C(=O)O)CCCC1CCN1CCOC(C)(C)C1. The van der Waals surface area contributed by atoms with Crippen LogP contribution in [0, 0.1) is 5.92 Å². The maximum Gasteiger partial charge on any atom is 0.324 e. The van der Waals surface area contributed by atoms with Gasteiger partial charge < -0.3 is 15.2 Å². The second-order valence-corrected chi connectivity index (χ2v) is 7.07. The molecule has 2 aliphatic rings. The molecule has 0 amide bonds. The van der Waals surface area contributed by atoms with Gasteiger partial charge in [0.15, 0.2) is 0 Å². The topological polar surface area (TPSA) is 61.8 Å². The number of likely N-dealkylation sites (N-methyl/N-ethyl adjacent to an activating group) is 1. The van der Waals surface area contributed by atoms with Gasteiger partial charge in [0.25, 0.3) is 0 Å². The molecule has 2 unspecified atom stereocenters. The molecule has 0 aromatic heterocycles. The minimum Gasteiger partial charge on any atom is -0.480 e. The molecule has 2 N–H and O–H groups in total. The van der Waals surface area contributed by atoms with Crippen LogP contribution in [0.15, 0.2) is 0 Å². The Morgan fingerprint density at radius 2 is 2.24 bits per heavy atom. The Labute approximate surface area is 128 Å². The average molecular weight is 298 g/mol. The maximum absolute atomic E-state index is 11.8. The van der Waals surface area contributed by atoms with Gasteiger partial charge in [0.05, 0.1) is 12.2 Å². The van der Waals surface area contributed by atoms with E-state index in [9.17, 15) is 9.90 Å². The molecular weight excluding hydrogens is 268 g/mol. The van der Waals surface area contributed by atoms with Gasteiger partial charge in [-0.3, -0.25) is 9.69 Å². The third kappa shape index (κ3) is 3.76. The second-order valence-electron chi connectivity index (χ2n) is 7.07. The number of nitrogens with zero attached hydrogens (tertiary/aromatic N) is 1. The summed E-state index contributed by atoms with van der Waals surface area (Å²) in [5, 5.41) is 13.0. The van der Waals surface area contributed by atoms with Crippen LogP contribution in [0.25, 0.3) is 0 Å². The third-order valence-electron chi connectivity index (χ3n) is 4.99. The summed E-state index contributed by atoms with van der Waals surface area (Å²) in [4.78, 5) is 14.2. The van der Waals surface area contributed by atoms with Gasteiger partial charge in [-0.05, 0) is 52.1 Å². The van der Waals surface area contributed by atoms with Crippen molar-refractivity contribution in [1.82, 2.24) is 10.2 Å². The molecule has 1 saturated heterocycles. The molecule has 1 aliphatic carbocycles. The van der Waals surface area contributed by atoms with E-state index < -0.39 is 11.5 Å². The van der Waals surface area contributed by atoms with Crippen LogP contribution in [0.2, 0.25) is 0 Å². The van der Waals surface area contributed by atoms with Crippen LogP contribution in [-0.4, -0.2) is 59.9 Å². The van der Waals surface area contributed by atoms with Crippen LogP contribution in [0.1, 0.15) is 46.5 Å². The van der Waals surface area contributed by atoms with E-state index in [0.29, 0.717) is 6.54 Å². The minimum atomic E-state index is -0.698. The van der Waals surface area contributed by atoms with Crippen molar-refractivity contribution in [1.29, 1.82) is 0 Å². The van der Waals surface area contributed by atoms with E-state index in [1.807, 2.05) is 6.92 Å². The van der Waals surface area contributed by atoms with Gasteiger partial charge in [0.2, 0.25) is 0 Å². The van der Waals surface area contributed by atoms with Crippen molar-refractivity contribution < 1.29 is 14.6 Å². The molecule has 21 heavy (non-hydrogen) atoms. The van der Waals surface area contributed by atoms with Gasteiger partial charge in [0.1, 0.15) is 5.54 Å². The van der Waals surface area contributed by atoms with Crippen LogP contribution in [0.4, 0.5) is 0 Å². The zero-order valence-electron chi connectivity index (χ0n) is 13.7. The van der Waals surface area contributed by atoms with E-state index in [4.69, 9.17) is 4.74 Å². The van der Waals surface area contributed by atoms with Crippen molar-refractivity contribution in [3.63, 3.8) is 0 Å². The van der Waals surface area contributed by atoms with Crippen molar-refractivity contribution in [2.75, 3.05) is 32.8 Å². The summed E-state index contributed by atoms with van der Waals surface area (Å²) >= 11 is 0. The van der Waals surface area contributed by atoms with Crippen molar-refractivity contribution >= 4 is 5.97 Å². The Kier molecular flexibility index (Phi) is 5.28.